The minimum atomic E-state index is 0.165. The van der Waals surface area contributed by atoms with Gasteiger partial charge in [-0.25, -0.2) is 0 Å². The molecule has 0 bridgehead atoms. The van der Waals surface area contributed by atoms with Crippen molar-refractivity contribution in [2.45, 2.75) is 51.6 Å². The lowest BCUT2D eigenvalue weighted by molar-refractivity contribution is -0.121. The smallest absolute Gasteiger partial charge is 0.220 e. The largest absolute Gasteiger partial charge is 0.377 e. The minimum absolute atomic E-state index is 0.165. The molecule has 1 heterocycles. The fraction of sp³-hybridized carbons (Fsp3) is 0.667. The zero-order valence-corrected chi connectivity index (χ0v) is 11.6. The molecule has 3 nitrogen and oxygen atoms in total. The number of ether oxygens (including phenoxy) is 1. The molecule has 102 valence electrons. The first-order chi connectivity index (χ1) is 8.72. The third kappa shape index (κ3) is 6.60. The lowest BCUT2D eigenvalue weighted by Gasteiger charge is -2.11. The summed E-state index contributed by atoms with van der Waals surface area (Å²) in [6.45, 7) is 2.73. The molecule has 0 aromatic heterocycles. The van der Waals surface area contributed by atoms with E-state index in [-0.39, 0.29) is 12.0 Å². The number of methoxy groups -OCH3 is 1. The number of hydrogen-bond acceptors (Lipinski definition) is 2. The van der Waals surface area contributed by atoms with Gasteiger partial charge in [-0.3, -0.25) is 4.79 Å². The van der Waals surface area contributed by atoms with Gasteiger partial charge in [-0.15, -0.1) is 0 Å². The van der Waals surface area contributed by atoms with Gasteiger partial charge in [0.15, 0.2) is 0 Å². The molecule has 0 spiro atoms. The number of amides is 1. The van der Waals surface area contributed by atoms with Crippen LogP contribution in [0.5, 0.6) is 0 Å². The first-order valence-corrected chi connectivity index (χ1v) is 6.84. The van der Waals surface area contributed by atoms with Crippen molar-refractivity contribution in [1.82, 2.24) is 5.32 Å². The number of rotatable bonds is 1. The Bertz CT molecular complexity index is 308. The summed E-state index contributed by atoms with van der Waals surface area (Å²) in [7, 11) is 1.76. The van der Waals surface area contributed by atoms with Crippen molar-refractivity contribution < 1.29 is 9.53 Å². The highest BCUT2D eigenvalue weighted by Crippen LogP contribution is 2.09. The van der Waals surface area contributed by atoms with E-state index in [1.54, 1.807) is 7.11 Å². The SMILES string of the molecule is CO[C@H]1/C=C/CCCCC(=O)NC/C(C)=C\CC1. The van der Waals surface area contributed by atoms with E-state index in [1.807, 2.05) is 0 Å². The van der Waals surface area contributed by atoms with Crippen LogP contribution in [0.15, 0.2) is 23.8 Å². The molecule has 0 fully saturated rings. The second kappa shape index (κ2) is 8.92. The van der Waals surface area contributed by atoms with E-state index >= 15 is 0 Å². The van der Waals surface area contributed by atoms with Crippen molar-refractivity contribution >= 4 is 5.91 Å². The van der Waals surface area contributed by atoms with Crippen molar-refractivity contribution in [3.8, 4) is 0 Å². The van der Waals surface area contributed by atoms with Crippen LogP contribution in [-0.2, 0) is 9.53 Å². The fourth-order valence-corrected chi connectivity index (χ4v) is 1.98. The summed E-state index contributed by atoms with van der Waals surface area (Å²) in [6.07, 6.45) is 12.4. The summed E-state index contributed by atoms with van der Waals surface area (Å²) in [4.78, 5) is 11.5. The number of carbonyl (C=O) groups excluding carboxylic acids is 1. The summed E-state index contributed by atoms with van der Waals surface area (Å²) >= 11 is 0. The normalized spacial score (nSPS) is 28.7. The highest BCUT2D eigenvalue weighted by atomic mass is 16.5. The molecular formula is C15H25NO2. The van der Waals surface area contributed by atoms with Crippen LogP contribution in [0.3, 0.4) is 0 Å². The Hall–Kier alpha value is -1.09. The number of allylic oxidation sites excluding steroid dienone is 2. The van der Waals surface area contributed by atoms with Crippen molar-refractivity contribution in [1.29, 1.82) is 0 Å². The molecule has 0 aromatic rings. The van der Waals surface area contributed by atoms with E-state index in [2.05, 4.69) is 30.5 Å². The maximum absolute atomic E-state index is 11.5. The second-order valence-electron chi connectivity index (χ2n) is 4.85. The summed E-state index contributed by atoms with van der Waals surface area (Å²) in [5.74, 6) is 0.165. The van der Waals surface area contributed by atoms with E-state index < -0.39 is 0 Å². The second-order valence-corrected chi connectivity index (χ2v) is 4.85. The Balaban J connectivity index is 2.53. The fourth-order valence-electron chi connectivity index (χ4n) is 1.98. The standard InChI is InChI=1S/C15H25NO2/c1-13-8-7-10-14(18-2)9-5-3-4-6-11-15(17)16-12-13/h5,8-9,14H,3-4,6-7,10-12H2,1-2H3,(H,16,17)/b9-5+,13-8-/t14-/m0/s1. The van der Waals surface area contributed by atoms with E-state index in [0.29, 0.717) is 13.0 Å². The molecule has 1 rings (SSSR count). The van der Waals surface area contributed by atoms with Crippen molar-refractivity contribution in [2.24, 2.45) is 0 Å². The van der Waals surface area contributed by atoms with Gasteiger partial charge in [0.25, 0.3) is 0 Å². The average molecular weight is 251 g/mol. The first-order valence-electron chi connectivity index (χ1n) is 6.84. The van der Waals surface area contributed by atoms with E-state index in [4.69, 9.17) is 4.74 Å². The van der Waals surface area contributed by atoms with E-state index in [1.165, 1.54) is 5.57 Å². The van der Waals surface area contributed by atoms with Gasteiger partial charge in [-0.1, -0.05) is 23.8 Å². The number of hydrogen-bond donors (Lipinski definition) is 1. The van der Waals surface area contributed by atoms with Gasteiger partial charge in [-0.2, -0.15) is 0 Å². The third-order valence-electron chi connectivity index (χ3n) is 3.19. The Morgan fingerprint density at radius 3 is 2.94 bits per heavy atom. The molecule has 0 saturated heterocycles. The van der Waals surface area contributed by atoms with Crippen LogP contribution in [0, 0.1) is 0 Å². The predicted molar refractivity (Wildman–Crippen MR) is 74.4 cm³/mol. The lowest BCUT2D eigenvalue weighted by Crippen LogP contribution is -2.24. The Labute approximate surface area is 110 Å². The van der Waals surface area contributed by atoms with Gasteiger partial charge in [0.2, 0.25) is 5.91 Å². The molecule has 1 atom stereocenters. The molecule has 3 heteroatoms. The van der Waals surface area contributed by atoms with Crippen LogP contribution in [0.1, 0.15) is 45.4 Å². The number of nitrogens with one attached hydrogen (secondary N) is 1. The topological polar surface area (TPSA) is 38.3 Å². The maximum atomic E-state index is 11.5. The molecule has 0 unspecified atom stereocenters. The van der Waals surface area contributed by atoms with Gasteiger partial charge in [0.05, 0.1) is 6.10 Å². The lowest BCUT2D eigenvalue weighted by atomic mass is 10.1. The molecule has 1 N–H and O–H groups in total. The molecule has 0 aromatic carbocycles. The molecule has 18 heavy (non-hydrogen) atoms. The zero-order chi connectivity index (χ0) is 13.2. The first kappa shape index (κ1) is 15.0. The minimum Gasteiger partial charge on any atom is -0.377 e. The quantitative estimate of drug-likeness (QED) is 0.728. The van der Waals surface area contributed by atoms with Gasteiger partial charge >= 0.3 is 0 Å². The third-order valence-corrected chi connectivity index (χ3v) is 3.19. The van der Waals surface area contributed by atoms with Crippen LogP contribution in [0.2, 0.25) is 0 Å². The monoisotopic (exact) mass is 251 g/mol. The maximum Gasteiger partial charge on any atom is 0.220 e. The molecule has 0 aliphatic carbocycles. The van der Waals surface area contributed by atoms with Crippen LogP contribution in [-0.4, -0.2) is 25.7 Å². The van der Waals surface area contributed by atoms with Crippen molar-refractivity contribution in [3.05, 3.63) is 23.8 Å². The van der Waals surface area contributed by atoms with Crippen LogP contribution in [0.4, 0.5) is 0 Å². The number of carbonyl (C=O) groups is 1. The summed E-state index contributed by atoms with van der Waals surface area (Å²) < 4.78 is 5.42. The summed E-state index contributed by atoms with van der Waals surface area (Å²) in [5, 5.41) is 2.95. The molecule has 1 aliphatic rings. The Morgan fingerprint density at radius 1 is 1.33 bits per heavy atom. The van der Waals surface area contributed by atoms with Crippen molar-refractivity contribution in [2.75, 3.05) is 13.7 Å². The predicted octanol–water partition coefficient (Wildman–Crippen LogP) is 2.97. The van der Waals surface area contributed by atoms with Crippen molar-refractivity contribution in [3.63, 3.8) is 0 Å². The molecule has 1 aliphatic heterocycles. The van der Waals surface area contributed by atoms with Crippen LogP contribution < -0.4 is 5.32 Å². The van der Waals surface area contributed by atoms with Gasteiger partial charge < -0.3 is 10.1 Å². The van der Waals surface area contributed by atoms with Gasteiger partial charge in [0, 0.05) is 20.1 Å². The molecular weight excluding hydrogens is 226 g/mol. The average Bonchev–Trinajstić information content (AvgIpc) is 2.37. The highest BCUT2D eigenvalue weighted by molar-refractivity contribution is 5.76. The van der Waals surface area contributed by atoms with Crippen LogP contribution >= 0.6 is 0 Å². The van der Waals surface area contributed by atoms with Crippen LogP contribution in [0.25, 0.3) is 0 Å². The van der Waals surface area contributed by atoms with E-state index in [0.717, 1.165) is 32.1 Å². The summed E-state index contributed by atoms with van der Waals surface area (Å²) in [6, 6.07) is 0. The Morgan fingerprint density at radius 2 is 2.17 bits per heavy atom. The summed E-state index contributed by atoms with van der Waals surface area (Å²) in [5.41, 5.74) is 1.22. The Kier molecular flexibility index (Phi) is 7.42. The van der Waals surface area contributed by atoms with Gasteiger partial charge in [-0.05, 0) is 39.0 Å². The van der Waals surface area contributed by atoms with Gasteiger partial charge in [0.1, 0.15) is 0 Å². The molecule has 0 radical (unpaired) electrons. The van der Waals surface area contributed by atoms with E-state index in [9.17, 15) is 4.79 Å². The zero-order valence-electron chi connectivity index (χ0n) is 11.6. The molecule has 1 amide bonds. The highest BCUT2D eigenvalue weighted by Gasteiger charge is 2.04. The molecule has 0 saturated carbocycles.